The third kappa shape index (κ3) is 2.73. The van der Waals surface area contributed by atoms with E-state index in [1.807, 2.05) is 7.05 Å². The molecule has 0 amide bonds. The maximum Gasteiger partial charge on any atom is 0.270 e. The summed E-state index contributed by atoms with van der Waals surface area (Å²) in [6.07, 6.45) is 1.96. The van der Waals surface area contributed by atoms with Crippen LogP contribution in [0.3, 0.4) is 0 Å². The molecule has 0 atom stereocenters. The summed E-state index contributed by atoms with van der Waals surface area (Å²) in [6, 6.07) is 6.55. The first-order valence-corrected chi connectivity index (χ1v) is 6.61. The van der Waals surface area contributed by atoms with Crippen LogP contribution in [0.5, 0.6) is 0 Å². The van der Waals surface area contributed by atoms with Crippen LogP contribution in [0.2, 0.25) is 0 Å². The van der Waals surface area contributed by atoms with Gasteiger partial charge in [-0.15, -0.1) is 0 Å². The molecule has 1 aliphatic rings. The molecule has 1 aliphatic heterocycles. The highest BCUT2D eigenvalue weighted by atomic mass is 16.6. The number of anilines is 1. The second-order valence-corrected chi connectivity index (χ2v) is 5.37. The van der Waals surface area contributed by atoms with Crippen molar-refractivity contribution in [3.63, 3.8) is 0 Å². The van der Waals surface area contributed by atoms with E-state index in [-0.39, 0.29) is 11.2 Å². The number of nitrogens with one attached hydrogen (secondary N) is 1. The number of nitrogens with zero attached hydrogens (tertiary/aromatic N) is 3. The van der Waals surface area contributed by atoms with Crippen LogP contribution in [0.15, 0.2) is 18.2 Å². The molecule has 0 aliphatic carbocycles. The van der Waals surface area contributed by atoms with E-state index in [0.29, 0.717) is 5.56 Å². The van der Waals surface area contributed by atoms with E-state index in [2.05, 4.69) is 23.2 Å². The number of piperidine rings is 1. The Balaban J connectivity index is 2.22. The first-order chi connectivity index (χ1) is 9.49. The SMILES string of the molecule is CNC1(C)CCN(c2ccc([N+](=O)[O-])cc2C#N)CC1. The Morgan fingerprint density at radius 1 is 1.45 bits per heavy atom. The smallest absolute Gasteiger partial charge is 0.270 e. The minimum atomic E-state index is -0.473. The average molecular weight is 274 g/mol. The van der Waals surface area contributed by atoms with Crippen LogP contribution in [0.25, 0.3) is 0 Å². The van der Waals surface area contributed by atoms with Gasteiger partial charge < -0.3 is 10.2 Å². The molecule has 20 heavy (non-hydrogen) atoms. The zero-order valence-electron chi connectivity index (χ0n) is 11.7. The van der Waals surface area contributed by atoms with Crippen molar-refractivity contribution < 1.29 is 4.92 Å². The Morgan fingerprint density at radius 2 is 2.10 bits per heavy atom. The first-order valence-electron chi connectivity index (χ1n) is 6.61. The number of rotatable bonds is 3. The number of hydrogen-bond donors (Lipinski definition) is 1. The molecule has 106 valence electrons. The van der Waals surface area contributed by atoms with E-state index in [1.165, 1.54) is 12.1 Å². The summed E-state index contributed by atoms with van der Waals surface area (Å²) in [5.74, 6) is 0. The highest BCUT2D eigenvalue weighted by Crippen LogP contribution is 2.30. The lowest BCUT2D eigenvalue weighted by atomic mass is 9.89. The van der Waals surface area contributed by atoms with E-state index < -0.39 is 4.92 Å². The summed E-state index contributed by atoms with van der Waals surface area (Å²) in [5, 5.41) is 23.3. The molecule has 6 nitrogen and oxygen atoms in total. The highest BCUT2D eigenvalue weighted by molar-refractivity contribution is 5.63. The van der Waals surface area contributed by atoms with Crippen molar-refractivity contribution in [1.29, 1.82) is 5.26 Å². The maximum atomic E-state index is 10.8. The largest absolute Gasteiger partial charge is 0.370 e. The molecule has 1 aromatic carbocycles. The van der Waals surface area contributed by atoms with Crippen LogP contribution in [0.1, 0.15) is 25.3 Å². The molecule has 0 saturated carbocycles. The van der Waals surface area contributed by atoms with E-state index >= 15 is 0 Å². The molecule has 0 unspecified atom stereocenters. The number of nitro benzene ring substituents is 1. The van der Waals surface area contributed by atoms with Gasteiger partial charge in [0.25, 0.3) is 5.69 Å². The third-order valence-electron chi connectivity index (χ3n) is 4.12. The summed E-state index contributed by atoms with van der Waals surface area (Å²) in [5.41, 5.74) is 1.25. The maximum absolute atomic E-state index is 10.8. The lowest BCUT2D eigenvalue weighted by Gasteiger charge is -2.40. The summed E-state index contributed by atoms with van der Waals surface area (Å²) < 4.78 is 0. The number of hydrogen-bond acceptors (Lipinski definition) is 5. The Hall–Kier alpha value is -2.13. The predicted octanol–water partition coefficient (Wildman–Crippen LogP) is 2.04. The fraction of sp³-hybridized carbons (Fsp3) is 0.500. The monoisotopic (exact) mass is 274 g/mol. The van der Waals surface area contributed by atoms with E-state index in [9.17, 15) is 15.4 Å². The molecule has 1 fully saturated rings. The van der Waals surface area contributed by atoms with E-state index in [1.54, 1.807) is 6.07 Å². The van der Waals surface area contributed by atoms with Gasteiger partial charge >= 0.3 is 0 Å². The van der Waals surface area contributed by atoms with Gasteiger partial charge in [0, 0.05) is 30.8 Å². The predicted molar refractivity (Wildman–Crippen MR) is 76.7 cm³/mol. The number of nitro groups is 1. The van der Waals surface area contributed by atoms with Gasteiger partial charge in [-0.3, -0.25) is 10.1 Å². The van der Waals surface area contributed by atoms with Gasteiger partial charge in [0.05, 0.1) is 16.2 Å². The zero-order chi connectivity index (χ0) is 14.8. The number of nitriles is 1. The molecule has 1 N–H and O–H groups in total. The second kappa shape index (κ2) is 5.47. The van der Waals surface area contributed by atoms with Crippen LogP contribution < -0.4 is 10.2 Å². The van der Waals surface area contributed by atoms with Gasteiger partial charge in [-0.2, -0.15) is 5.26 Å². The average Bonchev–Trinajstić information content (AvgIpc) is 2.47. The van der Waals surface area contributed by atoms with Crippen LogP contribution in [-0.4, -0.2) is 30.6 Å². The number of benzene rings is 1. The summed E-state index contributed by atoms with van der Waals surface area (Å²) in [6.45, 7) is 3.86. The van der Waals surface area contributed by atoms with Crippen molar-refractivity contribution in [2.24, 2.45) is 0 Å². The minimum absolute atomic E-state index is 0.0395. The van der Waals surface area contributed by atoms with Crippen molar-refractivity contribution in [3.8, 4) is 6.07 Å². The van der Waals surface area contributed by atoms with Crippen molar-refractivity contribution >= 4 is 11.4 Å². The van der Waals surface area contributed by atoms with Crippen molar-refractivity contribution in [1.82, 2.24) is 5.32 Å². The van der Waals surface area contributed by atoms with E-state index in [4.69, 9.17) is 0 Å². The molecule has 0 radical (unpaired) electrons. The number of non-ortho nitro benzene ring substituents is 1. The minimum Gasteiger partial charge on any atom is -0.370 e. The Labute approximate surface area is 118 Å². The summed E-state index contributed by atoms with van der Waals surface area (Å²) in [4.78, 5) is 12.4. The van der Waals surface area contributed by atoms with Gasteiger partial charge in [0.1, 0.15) is 6.07 Å². The standard InChI is InChI=1S/C14H18N4O2/c1-14(16-2)5-7-17(8-6-14)13-4-3-12(18(19)20)9-11(13)10-15/h3-4,9,16H,5-8H2,1-2H3. The molecule has 1 saturated heterocycles. The third-order valence-corrected chi connectivity index (χ3v) is 4.12. The van der Waals surface area contributed by atoms with Gasteiger partial charge in [-0.1, -0.05) is 0 Å². The molecule has 0 aromatic heterocycles. The Bertz CT molecular complexity index is 557. The normalized spacial score (nSPS) is 17.6. The van der Waals surface area contributed by atoms with Gasteiger partial charge in [-0.25, -0.2) is 0 Å². The lowest BCUT2D eigenvalue weighted by molar-refractivity contribution is -0.384. The van der Waals surface area contributed by atoms with Gasteiger partial charge in [-0.05, 0) is 32.9 Å². The molecule has 1 heterocycles. The highest BCUT2D eigenvalue weighted by Gasteiger charge is 2.29. The van der Waals surface area contributed by atoms with Crippen molar-refractivity contribution in [2.45, 2.75) is 25.3 Å². The second-order valence-electron chi connectivity index (χ2n) is 5.37. The van der Waals surface area contributed by atoms with Crippen molar-refractivity contribution in [3.05, 3.63) is 33.9 Å². The van der Waals surface area contributed by atoms with Crippen LogP contribution in [-0.2, 0) is 0 Å². The zero-order valence-corrected chi connectivity index (χ0v) is 11.7. The quantitative estimate of drug-likeness (QED) is 0.673. The molecule has 1 aromatic rings. The molecular formula is C14H18N4O2. The molecule has 0 bridgehead atoms. The van der Waals surface area contributed by atoms with Crippen LogP contribution in [0.4, 0.5) is 11.4 Å². The van der Waals surface area contributed by atoms with Crippen molar-refractivity contribution in [2.75, 3.05) is 25.0 Å². The Morgan fingerprint density at radius 3 is 2.60 bits per heavy atom. The molecule has 2 rings (SSSR count). The van der Waals surface area contributed by atoms with Crippen LogP contribution >= 0.6 is 0 Å². The van der Waals surface area contributed by atoms with Crippen LogP contribution in [0, 0.1) is 21.4 Å². The van der Waals surface area contributed by atoms with Gasteiger partial charge in [0.2, 0.25) is 0 Å². The lowest BCUT2D eigenvalue weighted by Crippen LogP contribution is -2.50. The molecular weight excluding hydrogens is 256 g/mol. The topological polar surface area (TPSA) is 82.2 Å². The van der Waals surface area contributed by atoms with Gasteiger partial charge in [0.15, 0.2) is 0 Å². The fourth-order valence-corrected chi connectivity index (χ4v) is 2.49. The van der Waals surface area contributed by atoms with E-state index in [0.717, 1.165) is 31.6 Å². The fourth-order valence-electron chi connectivity index (χ4n) is 2.49. The Kier molecular flexibility index (Phi) is 3.91. The first kappa shape index (κ1) is 14.3. The molecule has 6 heteroatoms. The summed E-state index contributed by atoms with van der Waals surface area (Å²) >= 11 is 0. The summed E-state index contributed by atoms with van der Waals surface area (Å²) in [7, 11) is 1.96. The molecule has 0 spiro atoms.